The van der Waals surface area contributed by atoms with Crippen LogP contribution in [0.1, 0.15) is 18.4 Å². The third-order valence-corrected chi connectivity index (χ3v) is 4.88. The molecule has 0 unspecified atom stereocenters. The number of aliphatic imine (C=N–C) groups is 1. The molecule has 0 aromatic heterocycles. The zero-order valence-electron chi connectivity index (χ0n) is 14.7. The molecule has 1 fully saturated rings. The average Bonchev–Trinajstić information content (AvgIpc) is 3.40. The molecule has 138 valence electrons. The van der Waals surface area contributed by atoms with Gasteiger partial charge in [0.25, 0.3) is 0 Å². The third kappa shape index (κ3) is 3.85. The van der Waals surface area contributed by atoms with Crippen molar-refractivity contribution in [1.82, 2.24) is 0 Å². The first-order valence-corrected chi connectivity index (χ1v) is 8.60. The van der Waals surface area contributed by atoms with Gasteiger partial charge in [0.2, 0.25) is 0 Å². The summed E-state index contributed by atoms with van der Waals surface area (Å²) in [6, 6.07) is 9.90. The Kier molecular flexibility index (Phi) is 5.23. The minimum atomic E-state index is -0.340. The molecule has 3 N–H and O–H groups in total. The smallest absolute Gasteiger partial charge is 0.193 e. The van der Waals surface area contributed by atoms with Gasteiger partial charge >= 0.3 is 0 Å². The van der Waals surface area contributed by atoms with Gasteiger partial charge in [-0.1, -0.05) is 17.7 Å². The van der Waals surface area contributed by atoms with Gasteiger partial charge in [0.1, 0.15) is 5.82 Å². The molecule has 0 atom stereocenters. The Hall–Kier alpha value is -2.47. The van der Waals surface area contributed by atoms with Crippen LogP contribution in [0.4, 0.5) is 10.1 Å². The lowest BCUT2D eigenvalue weighted by atomic mass is 9.96. The SMILES string of the molecule is COc1ccc(NC(N)=NCC2(c3ccc(F)cc3Cl)CC2)cc1OC. The molecule has 2 aromatic carbocycles. The highest BCUT2D eigenvalue weighted by Gasteiger charge is 2.45. The second-order valence-electron chi connectivity index (χ2n) is 6.30. The van der Waals surface area contributed by atoms with Crippen molar-refractivity contribution in [2.75, 3.05) is 26.1 Å². The van der Waals surface area contributed by atoms with Gasteiger partial charge in [-0.3, -0.25) is 4.99 Å². The summed E-state index contributed by atoms with van der Waals surface area (Å²) in [6.45, 7) is 0.491. The molecule has 0 aliphatic heterocycles. The van der Waals surface area contributed by atoms with Gasteiger partial charge in [-0.05, 0) is 42.7 Å². The number of nitrogens with one attached hydrogen (secondary N) is 1. The number of nitrogens with two attached hydrogens (primary N) is 1. The van der Waals surface area contributed by atoms with Gasteiger partial charge in [-0.25, -0.2) is 4.39 Å². The highest BCUT2D eigenvalue weighted by Crippen LogP contribution is 2.50. The molecule has 0 bridgehead atoms. The second-order valence-corrected chi connectivity index (χ2v) is 6.71. The fraction of sp³-hybridized carbons (Fsp3) is 0.316. The molecule has 0 heterocycles. The molecule has 5 nitrogen and oxygen atoms in total. The number of halogens is 2. The van der Waals surface area contributed by atoms with E-state index in [2.05, 4.69) is 10.3 Å². The largest absolute Gasteiger partial charge is 0.493 e. The number of benzene rings is 2. The lowest BCUT2D eigenvalue weighted by Crippen LogP contribution is -2.25. The van der Waals surface area contributed by atoms with Crippen molar-refractivity contribution in [3.8, 4) is 11.5 Å². The first-order chi connectivity index (χ1) is 12.5. The molecule has 0 radical (unpaired) electrons. The standard InChI is InChI=1S/C19H21ClFN3O2/c1-25-16-6-4-13(10-17(16)26-2)24-18(22)23-11-19(7-8-19)14-5-3-12(21)9-15(14)20/h3-6,9-10H,7-8,11H2,1-2H3,(H3,22,23,24). The van der Waals surface area contributed by atoms with Crippen molar-refractivity contribution < 1.29 is 13.9 Å². The van der Waals surface area contributed by atoms with Crippen LogP contribution in [0.2, 0.25) is 5.02 Å². The van der Waals surface area contributed by atoms with Gasteiger partial charge in [0.05, 0.1) is 20.8 Å². The Morgan fingerprint density at radius 1 is 1.19 bits per heavy atom. The van der Waals surface area contributed by atoms with Crippen LogP contribution >= 0.6 is 11.6 Å². The third-order valence-electron chi connectivity index (χ3n) is 4.56. The van der Waals surface area contributed by atoms with Crippen LogP contribution in [0.3, 0.4) is 0 Å². The maximum absolute atomic E-state index is 13.3. The quantitative estimate of drug-likeness (QED) is 0.590. The van der Waals surface area contributed by atoms with Crippen LogP contribution < -0.4 is 20.5 Å². The van der Waals surface area contributed by atoms with Crippen molar-refractivity contribution in [3.63, 3.8) is 0 Å². The van der Waals surface area contributed by atoms with Crippen LogP contribution in [-0.2, 0) is 5.41 Å². The summed E-state index contributed by atoms with van der Waals surface area (Å²) in [6.07, 6.45) is 1.90. The van der Waals surface area contributed by atoms with E-state index in [0.29, 0.717) is 29.0 Å². The number of rotatable bonds is 6. The summed E-state index contributed by atoms with van der Waals surface area (Å²) in [5.41, 5.74) is 7.52. The van der Waals surface area contributed by atoms with E-state index >= 15 is 0 Å². The number of ether oxygens (including phenoxy) is 2. The Balaban J connectivity index is 1.71. The van der Waals surface area contributed by atoms with Crippen LogP contribution in [-0.4, -0.2) is 26.7 Å². The van der Waals surface area contributed by atoms with Gasteiger partial charge in [0, 0.05) is 22.2 Å². The number of nitrogens with zero attached hydrogens (tertiary/aromatic N) is 1. The minimum absolute atomic E-state index is 0.158. The highest BCUT2D eigenvalue weighted by atomic mass is 35.5. The Bertz CT molecular complexity index is 838. The lowest BCUT2D eigenvalue weighted by molar-refractivity contribution is 0.355. The van der Waals surface area contributed by atoms with Crippen molar-refractivity contribution in [1.29, 1.82) is 0 Å². The van der Waals surface area contributed by atoms with Gasteiger partial charge in [-0.2, -0.15) is 0 Å². The van der Waals surface area contributed by atoms with E-state index in [4.69, 9.17) is 26.8 Å². The van der Waals surface area contributed by atoms with Gasteiger partial charge < -0.3 is 20.5 Å². The van der Waals surface area contributed by atoms with Gasteiger partial charge in [-0.15, -0.1) is 0 Å². The van der Waals surface area contributed by atoms with Crippen molar-refractivity contribution >= 4 is 23.2 Å². The summed E-state index contributed by atoms with van der Waals surface area (Å²) in [7, 11) is 3.15. The number of hydrogen-bond donors (Lipinski definition) is 2. The van der Waals surface area contributed by atoms with E-state index in [0.717, 1.165) is 24.1 Å². The summed E-state index contributed by atoms with van der Waals surface area (Å²) in [5, 5.41) is 3.48. The minimum Gasteiger partial charge on any atom is -0.493 e. The zero-order chi connectivity index (χ0) is 18.7. The Morgan fingerprint density at radius 3 is 2.54 bits per heavy atom. The molecule has 0 amide bonds. The Labute approximate surface area is 157 Å². The van der Waals surface area contributed by atoms with Crippen molar-refractivity contribution in [2.45, 2.75) is 18.3 Å². The Morgan fingerprint density at radius 2 is 1.92 bits per heavy atom. The molecule has 2 aromatic rings. The van der Waals surface area contributed by atoms with Crippen LogP contribution in [0, 0.1) is 5.82 Å². The molecule has 1 aliphatic rings. The number of guanidine groups is 1. The summed E-state index contributed by atoms with van der Waals surface area (Å²) >= 11 is 6.20. The fourth-order valence-corrected chi connectivity index (χ4v) is 3.29. The molecule has 1 aliphatic carbocycles. The first kappa shape index (κ1) is 18.3. The van der Waals surface area contributed by atoms with E-state index < -0.39 is 0 Å². The number of hydrogen-bond acceptors (Lipinski definition) is 3. The maximum atomic E-state index is 13.3. The lowest BCUT2D eigenvalue weighted by Gasteiger charge is -2.16. The average molecular weight is 378 g/mol. The fourth-order valence-electron chi connectivity index (χ4n) is 2.92. The number of anilines is 1. The van der Waals surface area contributed by atoms with Gasteiger partial charge in [0.15, 0.2) is 17.5 Å². The van der Waals surface area contributed by atoms with Crippen LogP contribution in [0.15, 0.2) is 41.4 Å². The monoisotopic (exact) mass is 377 g/mol. The van der Waals surface area contributed by atoms with E-state index in [9.17, 15) is 4.39 Å². The summed E-state index contributed by atoms with van der Waals surface area (Å²) in [4.78, 5) is 4.45. The van der Waals surface area contributed by atoms with E-state index in [1.807, 2.05) is 6.07 Å². The predicted molar refractivity (Wildman–Crippen MR) is 102 cm³/mol. The zero-order valence-corrected chi connectivity index (χ0v) is 15.4. The molecular formula is C19H21ClFN3O2. The molecule has 26 heavy (non-hydrogen) atoms. The summed E-state index contributed by atoms with van der Waals surface area (Å²) < 4.78 is 23.8. The molecular weight excluding hydrogens is 357 g/mol. The topological polar surface area (TPSA) is 68.9 Å². The second kappa shape index (κ2) is 7.41. The van der Waals surface area contributed by atoms with E-state index in [1.54, 1.807) is 32.4 Å². The highest BCUT2D eigenvalue weighted by molar-refractivity contribution is 6.31. The van der Waals surface area contributed by atoms with Crippen LogP contribution in [0.5, 0.6) is 11.5 Å². The molecule has 3 rings (SSSR count). The number of methoxy groups -OCH3 is 2. The van der Waals surface area contributed by atoms with E-state index in [1.165, 1.54) is 12.1 Å². The van der Waals surface area contributed by atoms with Crippen molar-refractivity contribution in [3.05, 3.63) is 52.8 Å². The van der Waals surface area contributed by atoms with Crippen molar-refractivity contribution in [2.24, 2.45) is 10.7 Å². The van der Waals surface area contributed by atoms with Crippen LogP contribution in [0.25, 0.3) is 0 Å². The predicted octanol–water partition coefficient (Wildman–Crippen LogP) is 3.95. The molecule has 1 saturated carbocycles. The molecule has 0 saturated heterocycles. The molecule has 0 spiro atoms. The maximum Gasteiger partial charge on any atom is 0.193 e. The first-order valence-electron chi connectivity index (χ1n) is 8.22. The molecule has 7 heteroatoms. The summed E-state index contributed by atoms with van der Waals surface area (Å²) in [5.74, 6) is 1.19. The van der Waals surface area contributed by atoms with E-state index in [-0.39, 0.29) is 11.2 Å². The normalized spacial score (nSPS) is 15.5.